The predicted octanol–water partition coefficient (Wildman–Crippen LogP) is 0.557. The van der Waals surface area contributed by atoms with Gasteiger partial charge >= 0.3 is 5.97 Å². The molecule has 0 saturated carbocycles. The molecule has 0 bridgehead atoms. The Kier molecular flexibility index (Phi) is 4.50. The van der Waals surface area contributed by atoms with Crippen molar-refractivity contribution >= 4 is 12.3 Å². The van der Waals surface area contributed by atoms with Crippen molar-refractivity contribution in [3.05, 3.63) is 35.9 Å². The van der Waals surface area contributed by atoms with Gasteiger partial charge in [0.25, 0.3) is 0 Å². The van der Waals surface area contributed by atoms with Crippen LogP contribution in [0, 0.1) is 0 Å². The molecule has 0 saturated heterocycles. The van der Waals surface area contributed by atoms with Gasteiger partial charge in [-0.15, -0.1) is 0 Å². The molecule has 0 fully saturated rings. The van der Waals surface area contributed by atoms with Crippen molar-refractivity contribution in [2.45, 2.75) is 19.1 Å². The summed E-state index contributed by atoms with van der Waals surface area (Å²) in [6, 6.07) is 8.39. The van der Waals surface area contributed by atoms with Gasteiger partial charge in [-0.3, -0.25) is 9.59 Å². The summed E-state index contributed by atoms with van der Waals surface area (Å²) < 4.78 is 4.90. The number of benzene rings is 1. The van der Waals surface area contributed by atoms with Crippen LogP contribution in [0.25, 0.3) is 0 Å². The van der Waals surface area contributed by atoms with Crippen LogP contribution >= 0.6 is 0 Å². The minimum absolute atomic E-state index is 0.129. The van der Waals surface area contributed by atoms with Crippen LogP contribution < -0.4 is 5.73 Å². The summed E-state index contributed by atoms with van der Waals surface area (Å²) in [5.41, 5.74) is 6.12. The fourth-order valence-electron chi connectivity index (χ4n) is 1.02. The summed E-state index contributed by atoms with van der Waals surface area (Å²) in [5.74, 6) is -0.491. The molecule has 4 nitrogen and oxygen atoms in total. The quantitative estimate of drug-likeness (QED) is 0.714. The number of nitrogens with two attached hydrogens (primary N) is 1. The Hall–Kier alpha value is -1.68. The monoisotopic (exact) mass is 206 g/mol. The fourth-order valence-corrected chi connectivity index (χ4v) is 1.02. The molecular weight excluding hydrogens is 194 g/mol. The van der Waals surface area contributed by atoms with E-state index in [1.54, 1.807) is 0 Å². The molecule has 15 heavy (non-hydrogen) atoms. The number of hydrogen-bond acceptors (Lipinski definition) is 4. The molecule has 1 rings (SSSR count). The summed E-state index contributed by atoms with van der Waals surface area (Å²) in [5, 5.41) is 0. The van der Waals surface area contributed by atoms with Crippen LogP contribution in [0.1, 0.15) is 12.0 Å². The van der Waals surface area contributed by atoms with E-state index in [9.17, 15) is 9.59 Å². The lowest BCUT2D eigenvalue weighted by Crippen LogP contribution is -2.25. The third kappa shape index (κ3) is 4.37. The van der Waals surface area contributed by atoms with Gasteiger partial charge in [-0.1, -0.05) is 30.3 Å². The third-order valence-electron chi connectivity index (χ3n) is 1.78. The normalized spacial score (nSPS) is 11.8. The van der Waals surface area contributed by atoms with Crippen molar-refractivity contribution in [3.8, 4) is 0 Å². The molecule has 0 amide bonds. The first-order chi connectivity index (χ1) is 7.22. The van der Waals surface area contributed by atoms with Gasteiger partial charge in [-0.25, -0.2) is 0 Å². The molecule has 1 radical (unpaired) electrons. The molecule has 79 valence electrons. The highest BCUT2D eigenvalue weighted by atomic mass is 16.5. The standard InChI is InChI=1S/C11H12NO3/c12-10(7-13)6-11(14)15-8-9-4-2-1-3-5-9/h1-5,10H,6,8,12H2/t10-/m1/s1. The van der Waals surface area contributed by atoms with E-state index < -0.39 is 12.0 Å². The van der Waals surface area contributed by atoms with E-state index in [0.717, 1.165) is 5.56 Å². The van der Waals surface area contributed by atoms with E-state index in [0.29, 0.717) is 0 Å². The molecule has 1 atom stereocenters. The highest BCUT2D eigenvalue weighted by Gasteiger charge is 2.10. The van der Waals surface area contributed by atoms with E-state index in [1.165, 1.54) is 6.29 Å². The van der Waals surface area contributed by atoms with Crippen molar-refractivity contribution in [1.82, 2.24) is 0 Å². The number of carbonyl (C=O) groups excluding carboxylic acids is 2. The average molecular weight is 206 g/mol. The zero-order valence-corrected chi connectivity index (χ0v) is 8.18. The summed E-state index contributed by atoms with van der Waals surface area (Å²) in [4.78, 5) is 21.2. The number of hydrogen-bond donors (Lipinski definition) is 1. The Bertz CT molecular complexity index is 324. The molecule has 0 spiro atoms. The van der Waals surface area contributed by atoms with E-state index >= 15 is 0 Å². The summed E-state index contributed by atoms with van der Waals surface area (Å²) >= 11 is 0. The van der Waals surface area contributed by atoms with Crippen LogP contribution in [0.5, 0.6) is 0 Å². The Morgan fingerprint density at radius 1 is 1.40 bits per heavy atom. The number of rotatable bonds is 5. The fraction of sp³-hybridized carbons (Fsp3) is 0.273. The zero-order chi connectivity index (χ0) is 11.1. The van der Waals surface area contributed by atoms with Gasteiger partial charge in [0.15, 0.2) is 0 Å². The van der Waals surface area contributed by atoms with E-state index in [2.05, 4.69) is 0 Å². The second-order valence-electron chi connectivity index (χ2n) is 3.07. The molecule has 0 aliphatic heterocycles. The van der Waals surface area contributed by atoms with Crippen molar-refractivity contribution in [3.63, 3.8) is 0 Å². The van der Waals surface area contributed by atoms with Gasteiger partial charge in [0.05, 0.1) is 12.5 Å². The Morgan fingerprint density at radius 2 is 2.07 bits per heavy atom. The maximum absolute atomic E-state index is 11.1. The van der Waals surface area contributed by atoms with Crippen molar-refractivity contribution in [2.75, 3.05) is 0 Å². The highest BCUT2D eigenvalue weighted by Crippen LogP contribution is 2.01. The Balaban J connectivity index is 2.31. The van der Waals surface area contributed by atoms with Crippen LogP contribution in [0.15, 0.2) is 30.3 Å². The zero-order valence-electron chi connectivity index (χ0n) is 8.18. The molecule has 0 aliphatic carbocycles. The molecule has 1 aromatic carbocycles. The molecule has 0 unspecified atom stereocenters. The Morgan fingerprint density at radius 3 is 2.67 bits per heavy atom. The van der Waals surface area contributed by atoms with Gasteiger partial charge in [0.2, 0.25) is 6.29 Å². The predicted molar refractivity (Wildman–Crippen MR) is 54.5 cm³/mol. The average Bonchev–Trinajstić information content (AvgIpc) is 2.27. The number of esters is 1. The van der Waals surface area contributed by atoms with Gasteiger partial charge in [0, 0.05) is 0 Å². The lowest BCUT2D eigenvalue weighted by molar-refractivity contribution is -0.145. The van der Waals surface area contributed by atoms with Crippen molar-refractivity contribution in [2.24, 2.45) is 5.73 Å². The van der Waals surface area contributed by atoms with Crippen LogP contribution in [-0.2, 0) is 20.9 Å². The van der Waals surface area contributed by atoms with Crippen molar-refractivity contribution < 1.29 is 14.3 Å². The number of carbonyl (C=O) groups is 1. The molecule has 0 aliphatic rings. The largest absolute Gasteiger partial charge is 0.461 e. The highest BCUT2D eigenvalue weighted by molar-refractivity contribution is 5.75. The lowest BCUT2D eigenvalue weighted by atomic mass is 10.2. The number of ether oxygens (including phenoxy) is 1. The molecule has 0 aromatic heterocycles. The first kappa shape index (κ1) is 11.4. The first-order valence-electron chi connectivity index (χ1n) is 4.55. The Labute approximate surface area is 88.0 Å². The van der Waals surface area contributed by atoms with E-state index in [1.807, 2.05) is 30.3 Å². The van der Waals surface area contributed by atoms with Crippen LogP contribution in [0.2, 0.25) is 0 Å². The summed E-state index contributed by atoms with van der Waals surface area (Å²) in [7, 11) is 0. The second kappa shape index (κ2) is 5.93. The maximum atomic E-state index is 11.1. The van der Waals surface area contributed by atoms with Gasteiger partial charge < -0.3 is 10.5 Å². The van der Waals surface area contributed by atoms with Gasteiger partial charge in [-0.05, 0) is 5.56 Å². The smallest absolute Gasteiger partial charge is 0.308 e. The van der Waals surface area contributed by atoms with Gasteiger partial charge in [0.1, 0.15) is 6.61 Å². The second-order valence-corrected chi connectivity index (χ2v) is 3.07. The SMILES string of the molecule is N[C@@H]([C]=O)CC(=O)OCc1ccccc1. The van der Waals surface area contributed by atoms with Gasteiger partial charge in [-0.2, -0.15) is 0 Å². The summed E-state index contributed by atoms with van der Waals surface area (Å²) in [6.07, 6.45) is 1.39. The molecule has 1 aromatic rings. The van der Waals surface area contributed by atoms with Crippen LogP contribution in [0.4, 0.5) is 0 Å². The first-order valence-corrected chi connectivity index (χ1v) is 4.55. The minimum atomic E-state index is -0.895. The van der Waals surface area contributed by atoms with Crippen LogP contribution in [0.3, 0.4) is 0 Å². The molecule has 4 heteroatoms. The van der Waals surface area contributed by atoms with Crippen molar-refractivity contribution in [1.29, 1.82) is 0 Å². The topological polar surface area (TPSA) is 69.4 Å². The lowest BCUT2D eigenvalue weighted by Gasteiger charge is -2.05. The molecular formula is C11H12NO3. The van der Waals surface area contributed by atoms with Crippen LogP contribution in [-0.4, -0.2) is 18.3 Å². The van der Waals surface area contributed by atoms with E-state index in [4.69, 9.17) is 10.5 Å². The maximum Gasteiger partial charge on any atom is 0.308 e. The molecule has 2 N–H and O–H groups in total. The minimum Gasteiger partial charge on any atom is -0.461 e. The van der Waals surface area contributed by atoms with E-state index in [-0.39, 0.29) is 13.0 Å². The third-order valence-corrected chi connectivity index (χ3v) is 1.78. The summed E-state index contributed by atoms with van der Waals surface area (Å²) in [6.45, 7) is 0.200. The molecule has 0 heterocycles.